The topological polar surface area (TPSA) is 61.8 Å². The number of amides is 3. The first kappa shape index (κ1) is 15.1. The first-order chi connectivity index (χ1) is 10.5. The predicted octanol–water partition coefficient (Wildman–Crippen LogP) is 3.18. The summed E-state index contributed by atoms with van der Waals surface area (Å²) in [6.07, 6.45) is 5.35. The van der Waals surface area contributed by atoms with Crippen LogP contribution in [0.2, 0.25) is 0 Å². The maximum absolute atomic E-state index is 13.7. The molecule has 0 atom stereocenters. The molecule has 7 heteroatoms. The summed E-state index contributed by atoms with van der Waals surface area (Å²) in [6.45, 7) is 0. The lowest BCUT2D eigenvalue weighted by atomic mass is 9.82. The van der Waals surface area contributed by atoms with Crippen molar-refractivity contribution in [2.45, 2.75) is 37.6 Å². The molecule has 1 N–H and O–H groups in total. The highest BCUT2D eigenvalue weighted by atomic mass is 79.9. The Morgan fingerprint density at radius 2 is 2.00 bits per heavy atom. The number of urea groups is 1. The Morgan fingerprint density at radius 1 is 1.27 bits per heavy atom. The summed E-state index contributed by atoms with van der Waals surface area (Å²) in [6, 6.07) is 3.95. The van der Waals surface area contributed by atoms with Gasteiger partial charge in [0, 0.05) is 10.0 Å². The second-order valence-electron chi connectivity index (χ2n) is 5.60. The standard InChI is InChI=1S/C15H15BrFN3O2/c16-11-5-4-10(12(17)8-11)9-18-20-13(21)15(19-14(20)22)6-2-1-3-7-15/h4-5,8-9H,1-3,6-7H2,(H,19,22)/b18-9-. The van der Waals surface area contributed by atoms with Crippen LogP contribution in [-0.2, 0) is 4.79 Å². The van der Waals surface area contributed by atoms with Crippen LogP contribution in [0.25, 0.3) is 0 Å². The molecule has 2 aliphatic rings. The van der Waals surface area contributed by atoms with Gasteiger partial charge in [-0.25, -0.2) is 9.18 Å². The summed E-state index contributed by atoms with van der Waals surface area (Å²) in [5, 5.41) is 7.45. The third-order valence-corrected chi connectivity index (χ3v) is 4.62. The monoisotopic (exact) mass is 367 g/mol. The lowest BCUT2D eigenvalue weighted by Crippen LogP contribution is -2.48. The smallest absolute Gasteiger partial charge is 0.321 e. The molecular weight excluding hydrogens is 353 g/mol. The van der Waals surface area contributed by atoms with Gasteiger partial charge in [-0.1, -0.05) is 35.2 Å². The summed E-state index contributed by atoms with van der Waals surface area (Å²) in [4.78, 5) is 24.5. The van der Waals surface area contributed by atoms with Crippen LogP contribution in [0, 0.1) is 5.82 Å². The highest BCUT2D eigenvalue weighted by Crippen LogP contribution is 2.33. The zero-order valence-corrected chi connectivity index (χ0v) is 13.4. The molecule has 2 fully saturated rings. The molecule has 1 aromatic carbocycles. The second-order valence-corrected chi connectivity index (χ2v) is 6.52. The van der Waals surface area contributed by atoms with Gasteiger partial charge in [-0.2, -0.15) is 5.10 Å². The van der Waals surface area contributed by atoms with Crippen molar-refractivity contribution in [1.29, 1.82) is 0 Å². The van der Waals surface area contributed by atoms with E-state index in [4.69, 9.17) is 0 Å². The normalized spacial score (nSPS) is 20.9. The lowest BCUT2D eigenvalue weighted by molar-refractivity contribution is -0.132. The number of halogens is 2. The Kier molecular flexibility index (Phi) is 3.99. The molecule has 0 radical (unpaired) electrons. The summed E-state index contributed by atoms with van der Waals surface area (Å²) in [7, 11) is 0. The van der Waals surface area contributed by atoms with Gasteiger partial charge < -0.3 is 5.32 Å². The van der Waals surface area contributed by atoms with Gasteiger partial charge in [0.05, 0.1) is 6.21 Å². The quantitative estimate of drug-likeness (QED) is 0.644. The van der Waals surface area contributed by atoms with E-state index >= 15 is 0 Å². The van der Waals surface area contributed by atoms with Crippen molar-refractivity contribution in [3.8, 4) is 0 Å². The Morgan fingerprint density at radius 3 is 2.68 bits per heavy atom. The summed E-state index contributed by atoms with van der Waals surface area (Å²) < 4.78 is 14.4. The number of hydrogen-bond acceptors (Lipinski definition) is 3. The van der Waals surface area contributed by atoms with Crippen LogP contribution in [0.3, 0.4) is 0 Å². The van der Waals surface area contributed by atoms with Gasteiger partial charge in [0.15, 0.2) is 0 Å². The SMILES string of the molecule is O=C1NC2(CCCCC2)C(=O)N1/N=C\c1ccc(Br)cc1F. The van der Waals surface area contributed by atoms with Crippen LogP contribution in [0.15, 0.2) is 27.8 Å². The van der Waals surface area contributed by atoms with Crippen LogP contribution in [0.4, 0.5) is 9.18 Å². The van der Waals surface area contributed by atoms with E-state index in [0.717, 1.165) is 24.3 Å². The molecule has 1 saturated carbocycles. The second kappa shape index (κ2) is 5.79. The van der Waals surface area contributed by atoms with E-state index in [2.05, 4.69) is 26.3 Å². The summed E-state index contributed by atoms with van der Waals surface area (Å²) >= 11 is 3.17. The predicted molar refractivity (Wildman–Crippen MR) is 82.9 cm³/mol. The van der Waals surface area contributed by atoms with Gasteiger partial charge in [-0.3, -0.25) is 4.79 Å². The number of nitrogens with zero attached hydrogens (tertiary/aromatic N) is 2. The summed E-state index contributed by atoms with van der Waals surface area (Å²) in [5.41, 5.74) is -0.598. The third kappa shape index (κ3) is 2.65. The Labute approximate surface area is 135 Å². The number of benzene rings is 1. The van der Waals surface area contributed by atoms with Crippen LogP contribution in [0.1, 0.15) is 37.7 Å². The van der Waals surface area contributed by atoms with Gasteiger partial charge in [0.2, 0.25) is 0 Å². The Bertz CT molecular complexity index is 656. The van der Waals surface area contributed by atoms with Crippen molar-refractivity contribution in [2.75, 3.05) is 0 Å². The van der Waals surface area contributed by atoms with Crippen LogP contribution in [0.5, 0.6) is 0 Å². The van der Waals surface area contributed by atoms with Gasteiger partial charge in [0.25, 0.3) is 5.91 Å². The zero-order valence-electron chi connectivity index (χ0n) is 11.8. The van der Waals surface area contributed by atoms with E-state index < -0.39 is 17.4 Å². The van der Waals surface area contributed by atoms with Crippen molar-refractivity contribution in [1.82, 2.24) is 10.3 Å². The van der Waals surface area contributed by atoms with Crippen molar-refractivity contribution < 1.29 is 14.0 Å². The fourth-order valence-electron chi connectivity index (χ4n) is 2.93. The largest absolute Gasteiger partial charge is 0.346 e. The molecule has 5 nitrogen and oxygen atoms in total. The van der Waals surface area contributed by atoms with Crippen LogP contribution >= 0.6 is 15.9 Å². The maximum atomic E-state index is 13.7. The lowest BCUT2D eigenvalue weighted by Gasteiger charge is -2.29. The Balaban J connectivity index is 1.81. The van der Waals surface area contributed by atoms with E-state index in [1.54, 1.807) is 6.07 Å². The van der Waals surface area contributed by atoms with Crippen molar-refractivity contribution in [3.05, 3.63) is 34.1 Å². The molecule has 1 heterocycles. The highest BCUT2D eigenvalue weighted by Gasteiger charge is 2.51. The van der Waals surface area contributed by atoms with Gasteiger partial charge in [-0.05, 0) is 31.0 Å². The van der Waals surface area contributed by atoms with Gasteiger partial charge in [0.1, 0.15) is 11.4 Å². The highest BCUT2D eigenvalue weighted by molar-refractivity contribution is 9.10. The number of rotatable bonds is 2. The van der Waals surface area contributed by atoms with E-state index in [9.17, 15) is 14.0 Å². The molecule has 0 unspecified atom stereocenters. The number of hydrazone groups is 1. The van der Waals surface area contributed by atoms with E-state index in [-0.39, 0.29) is 11.5 Å². The number of hydrogen-bond donors (Lipinski definition) is 1. The molecule has 1 spiro atoms. The minimum absolute atomic E-state index is 0.216. The molecule has 3 rings (SSSR count). The molecular formula is C15H15BrFN3O2. The Hall–Kier alpha value is -1.76. The minimum Gasteiger partial charge on any atom is -0.321 e. The first-order valence-electron chi connectivity index (χ1n) is 7.18. The third-order valence-electron chi connectivity index (χ3n) is 4.12. The number of carbonyl (C=O) groups is 2. The minimum atomic E-state index is -0.815. The number of imide groups is 1. The molecule has 0 bridgehead atoms. The summed E-state index contributed by atoms with van der Waals surface area (Å²) in [5.74, 6) is -0.816. The fourth-order valence-corrected chi connectivity index (χ4v) is 3.26. The molecule has 1 aliphatic carbocycles. The number of nitrogens with one attached hydrogen (secondary N) is 1. The molecule has 22 heavy (non-hydrogen) atoms. The molecule has 1 aromatic rings. The molecule has 0 aromatic heterocycles. The zero-order chi connectivity index (χ0) is 15.7. The van der Waals surface area contributed by atoms with Gasteiger partial charge >= 0.3 is 6.03 Å². The first-order valence-corrected chi connectivity index (χ1v) is 7.97. The van der Waals surface area contributed by atoms with Crippen LogP contribution < -0.4 is 5.32 Å². The fraction of sp³-hybridized carbons (Fsp3) is 0.400. The van der Waals surface area contributed by atoms with Crippen molar-refractivity contribution >= 4 is 34.1 Å². The molecule has 1 saturated heterocycles. The molecule has 3 amide bonds. The van der Waals surface area contributed by atoms with Gasteiger partial charge in [-0.15, -0.1) is 5.01 Å². The van der Waals surface area contributed by atoms with Crippen molar-refractivity contribution in [2.24, 2.45) is 5.10 Å². The molecule has 116 valence electrons. The van der Waals surface area contributed by atoms with Crippen molar-refractivity contribution in [3.63, 3.8) is 0 Å². The average molecular weight is 368 g/mol. The average Bonchev–Trinajstić information content (AvgIpc) is 2.71. The van der Waals surface area contributed by atoms with E-state index in [0.29, 0.717) is 17.3 Å². The van der Waals surface area contributed by atoms with E-state index in [1.807, 2.05) is 0 Å². The maximum Gasteiger partial charge on any atom is 0.346 e. The molecule has 1 aliphatic heterocycles. The number of carbonyl (C=O) groups excluding carboxylic acids is 2. The van der Waals surface area contributed by atoms with Crippen LogP contribution in [-0.4, -0.2) is 28.7 Å². The van der Waals surface area contributed by atoms with E-state index in [1.165, 1.54) is 18.3 Å².